The highest BCUT2D eigenvalue weighted by molar-refractivity contribution is 5.76. The quantitative estimate of drug-likeness (QED) is 0.810. The third-order valence-corrected chi connectivity index (χ3v) is 3.59. The Hall–Kier alpha value is -2.51. The van der Waals surface area contributed by atoms with Gasteiger partial charge >= 0.3 is 0 Å². The van der Waals surface area contributed by atoms with Crippen molar-refractivity contribution in [2.45, 2.75) is 19.8 Å². The minimum atomic E-state index is 0.115. The van der Waals surface area contributed by atoms with Crippen molar-refractivity contribution in [1.29, 1.82) is 0 Å². The molecule has 1 amide bonds. The zero-order chi connectivity index (χ0) is 15.4. The predicted molar refractivity (Wildman–Crippen MR) is 78.2 cm³/mol. The van der Waals surface area contributed by atoms with Crippen LogP contribution in [0.3, 0.4) is 0 Å². The first-order valence-electron chi connectivity index (χ1n) is 7.31. The molecule has 3 rings (SSSR count). The van der Waals surface area contributed by atoms with Gasteiger partial charge in [0.05, 0.1) is 0 Å². The van der Waals surface area contributed by atoms with Gasteiger partial charge in [-0.25, -0.2) is 9.97 Å². The molecule has 0 bridgehead atoms. The maximum absolute atomic E-state index is 12.2. The molecular weight excluding hydrogens is 284 g/mol. The number of aromatic nitrogens is 4. The van der Waals surface area contributed by atoms with Crippen molar-refractivity contribution in [3.05, 3.63) is 30.2 Å². The van der Waals surface area contributed by atoms with Crippen molar-refractivity contribution >= 4 is 11.9 Å². The average molecular weight is 302 g/mol. The van der Waals surface area contributed by atoms with Crippen LogP contribution < -0.4 is 4.90 Å². The van der Waals surface area contributed by atoms with Crippen LogP contribution in [-0.4, -0.2) is 57.2 Å². The molecular formula is C14H18N6O2. The Morgan fingerprint density at radius 3 is 2.55 bits per heavy atom. The second-order valence-corrected chi connectivity index (χ2v) is 5.13. The molecule has 2 aromatic rings. The Morgan fingerprint density at radius 2 is 1.91 bits per heavy atom. The number of hydrogen-bond acceptors (Lipinski definition) is 7. The summed E-state index contributed by atoms with van der Waals surface area (Å²) in [5.74, 6) is 1.88. The van der Waals surface area contributed by atoms with Gasteiger partial charge in [-0.05, 0) is 6.07 Å². The first-order chi connectivity index (χ1) is 10.7. The molecule has 1 fully saturated rings. The average Bonchev–Trinajstić information content (AvgIpc) is 2.99. The Bertz CT molecular complexity index is 621. The summed E-state index contributed by atoms with van der Waals surface area (Å²) in [5, 5.41) is 7.66. The molecule has 1 saturated heterocycles. The van der Waals surface area contributed by atoms with Crippen LogP contribution in [0, 0.1) is 6.92 Å². The van der Waals surface area contributed by atoms with E-state index in [2.05, 4.69) is 25.1 Å². The monoisotopic (exact) mass is 302 g/mol. The molecule has 0 N–H and O–H groups in total. The standard InChI is InChI=1S/C14H18N6O2/c1-11-17-18-12(22-11)3-4-13(21)19-7-9-20(10-8-19)14-15-5-2-6-16-14/h2,5-6H,3-4,7-10H2,1H3. The molecule has 0 aromatic carbocycles. The SMILES string of the molecule is Cc1nnc(CCC(=O)N2CCN(c3ncccn3)CC2)o1. The number of piperazine rings is 1. The number of aryl methyl sites for hydroxylation is 2. The number of amides is 1. The van der Waals surface area contributed by atoms with E-state index < -0.39 is 0 Å². The summed E-state index contributed by atoms with van der Waals surface area (Å²) in [4.78, 5) is 24.6. The van der Waals surface area contributed by atoms with Crippen LogP contribution in [0.25, 0.3) is 0 Å². The van der Waals surface area contributed by atoms with Crippen LogP contribution in [0.15, 0.2) is 22.9 Å². The molecule has 1 aliphatic heterocycles. The van der Waals surface area contributed by atoms with Gasteiger partial charge in [0.25, 0.3) is 0 Å². The van der Waals surface area contributed by atoms with Crippen molar-refractivity contribution in [3.8, 4) is 0 Å². The van der Waals surface area contributed by atoms with Gasteiger partial charge in [0.2, 0.25) is 23.6 Å². The largest absolute Gasteiger partial charge is 0.426 e. The van der Waals surface area contributed by atoms with Gasteiger partial charge < -0.3 is 14.2 Å². The molecule has 0 radical (unpaired) electrons. The van der Waals surface area contributed by atoms with Crippen LogP contribution in [-0.2, 0) is 11.2 Å². The van der Waals surface area contributed by atoms with Crippen LogP contribution in [0.5, 0.6) is 0 Å². The van der Waals surface area contributed by atoms with E-state index >= 15 is 0 Å². The maximum Gasteiger partial charge on any atom is 0.225 e. The zero-order valence-electron chi connectivity index (χ0n) is 12.5. The summed E-state index contributed by atoms with van der Waals surface area (Å²) in [6.07, 6.45) is 4.34. The Balaban J connectivity index is 1.47. The normalized spacial score (nSPS) is 15.1. The summed E-state index contributed by atoms with van der Waals surface area (Å²) in [7, 11) is 0. The molecule has 8 heteroatoms. The lowest BCUT2D eigenvalue weighted by Crippen LogP contribution is -2.49. The minimum absolute atomic E-state index is 0.115. The van der Waals surface area contributed by atoms with Gasteiger partial charge in [0.1, 0.15) is 0 Å². The summed E-state index contributed by atoms with van der Waals surface area (Å²) >= 11 is 0. The molecule has 3 heterocycles. The fourth-order valence-electron chi connectivity index (χ4n) is 2.42. The van der Waals surface area contributed by atoms with E-state index in [4.69, 9.17) is 4.42 Å². The second-order valence-electron chi connectivity index (χ2n) is 5.13. The lowest BCUT2D eigenvalue weighted by Gasteiger charge is -2.34. The molecule has 0 spiro atoms. The first kappa shape index (κ1) is 14.4. The van der Waals surface area contributed by atoms with Crippen molar-refractivity contribution in [2.24, 2.45) is 0 Å². The smallest absolute Gasteiger partial charge is 0.225 e. The topological polar surface area (TPSA) is 88.3 Å². The molecule has 2 aromatic heterocycles. The Morgan fingerprint density at radius 1 is 1.18 bits per heavy atom. The minimum Gasteiger partial charge on any atom is -0.426 e. The molecule has 22 heavy (non-hydrogen) atoms. The molecule has 116 valence electrons. The Labute approximate surface area is 128 Å². The number of rotatable bonds is 4. The lowest BCUT2D eigenvalue weighted by molar-refractivity contribution is -0.131. The highest BCUT2D eigenvalue weighted by Gasteiger charge is 2.22. The molecule has 8 nitrogen and oxygen atoms in total. The van der Waals surface area contributed by atoms with E-state index in [0.29, 0.717) is 37.7 Å². The van der Waals surface area contributed by atoms with Crippen LogP contribution in [0.1, 0.15) is 18.2 Å². The number of carbonyl (C=O) groups is 1. The van der Waals surface area contributed by atoms with Crippen molar-refractivity contribution in [1.82, 2.24) is 25.1 Å². The highest BCUT2D eigenvalue weighted by atomic mass is 16.4. The van der Waals surface area contributed by atoms with Gasteiger partial charge in [0.15, 0.2) is 0 Å². The van der Waals surface area contributed by atoms with E-state index in [9.17, 15) is 4.79 Å². The second kappa shape index (κ2) is 6.50. The summed E-state index contributed by atoms with van der Waals surface area (Å²) in [6, 6.07) is 1.79. The predicted octanol–water partition coefficient (Wildman–Crippen LogP) is 0.449. The van der Waals surface area contributed by atoms with Crippen LogP contribution >= 0.6 is 0 Å². The first-order valence-corrected chi connectivity index (χ1v) is 7.31. The maximum atomic E-state index is 12.2. The van der Waals surface area contributed by atoms with Gasteiger partial charge in [-0.3, -0.25) is 4.79 Å². The van der Waals surface area contributed by atoms with E-state index in [0.717, 1.165) is 19.0 Å². The summed E-state index contributed by atoms with van der Waals surface area (Å²) < 4.78 is 5.28. The van der Waals surface area contributed by atoms with Crippen molar-refractivity contribution in [3.63, 3.8) is 0 Å². The molecule has 0 aliphatic carbocycles. The lowest BCUT2D eigenvalue weighted by atomic mass is 10.2. The zero-order valence-corrected chi connectivity index (χ0v) is 12.5. The third kappa shape index (κ3) is 3.38. The van der Waals surface area contributed by atoms with E-state index in [-0.39, 0.29) is 5.91 Å². The summed E-state index contributed by atoms with van der Waals surface area (Å²) in [6.45, 7) is 4.59. The number of carbonyl (C=O) groups excluding carboxylic acids is 1. The van der Waals surface area contributed by atoms with Gasteiger partial charge in [-0.2, -0.15) is 0 Å². The van der Waals surface area contributed by atoms with Gasteiger partial charge in [0, 0.05) is 58.3 Å². The number of anilines is 1. The highest BCUT2D eigenvalue weighted by Crippen LogP contribution is 2.11. The molecule has 1 aliphatic rings. The summed E-state index contributed by atoms with van der Waals surface area (Å²) in [5.41, 5.74) is 0. The van der Waals surface area contributed by atoms with Crippen molar-refractivity contribution in [2.75, 3.05) is 31.1 Å². The third-order valence-electron chi connectivity index (χ3n) is 3.59. The number of hydrogen-bond donors (Lipinski definition) is 0. The van der Waals surface area contributed by atoms with Crippen LogP contribution in [0.4, 0.5) is 5.95 Å². The molecule has 0 unspecified atom stereocenters. The van der Waals surface area contributed by atoms with Gasteiger partial charge in [-0.1, -0.05) is 0 Å². The van der Waals surface area contributed by atoms with E-state index in [1.807, 2.05) is 4.90 Å². The van der Waals surface area contributed by atoms with Crippen molar-refractivity contribution < 1.29 is 9.21 Å². The van der Waals surface area contributed by atoms with Gasteiger partial charge in [-0.15, -0.1) is 10.2 Å². The fourth-order valence-corrected chi connectivity index (χ4v) is 2.42. The number of nitrogens with zero attached hydrogens (tertiary/aromatic N) is 6. The van der Waals surface area contributed by atoms with Crippen LogP contribution in [0.2, 0.25) is 0 Å². The van der Waals surface area contributed by atoms with E-state index in [1.165, 1.54) is 0 Å². The fraction of sp³-hybridized carbons (Fsp3) is 0.500. The Kier molecular flexibility index (Phi) is 4.27. The molecule has 0 atom stereocenters. The molecule has 0 saturated carbocycles. The van der Waals surface area contributed by atoms with E-state index in [1.54, 1.807) is 25.4 Å².